The third kappa shape index (κ3) is 5.03. The standard InChI is InChI=1S/C21H22N4O3/c1-14-18(20(27)25-15(2)24-14)11-19(26)23-12-17-9-6-10-22-21(17)28-13-16-7-4-3-5-8-16/h3-10H,11-13H2,1-2H3,(H,23,26)(H,24,25,27). The smallest absolute Gasteiger partial charge is 0.254 e. The highest BCUT2D eigenvalue weighted by molar-refractivity contribution is 5.78. The number of aromatic nitrogens is 3. The number of nitrogens with zero attached hydrogens (tertiary/aromatic N) is 2. The third-order valence-corrected chi connectivity index (χ3v) is 4.22. The van der Waals surface area contributed by atoms with E-state index in [9.17, 15) is 9.59 Å². The van der Waals surface area contributed by atoms with Crippen molar-refractivity contribution >= 4 is 5.91 Å². The van der Waals surface area contributed by atoms with E-state index in [1.807, 2.05) is 36.4 Å². The number of H-pyrrole nitrogens is 1. The quantitative estimate of drug-likeness (QED) is 0.657. The van der Waals surface area contributed by atoms with E-state index >= 15 is 0 Å². The van der Waals surface area contributed by atoms with Crippen molar-refractivity contribution in [3.05, 3.63) is 87.2 Å². The van der Waals surface area contributed by atoms with Crippen molar-refractivity contribution in [3.63, 3.8) is 0 Å². The Balaban J connectivity index is 1.62. The van der Waals surface area contributed by atoms with Crippen molar-refractivity contribution in [3.8, 4) is 5.88 Å². The van der Waals surface area contributed by atoms with Crippen LogP contribution in [0.25, 0.3) is 0 Å². The average molecular weight is 378 g/mol. The molecule has 3 aromatic rings. The van der Waals surface area contributed by atoms with Crippen LogP contribution in [-0.4, -0.2) is 20.9 Å². The van der Waals surface area contributed by atoms with E-state index in [4.69, 9.17) is 4.74 Å². The van der Waals surface area contributed by atoms with Gasteiger partial charge in [0.25, 0.3) is 5.56 Å². The zero-order chi connectivity index (χ0) is 19.9. The van der Waals surface area contributed by atoms with Crippen LogP contribution in [0.3, 0.4) is 0 Å². The van der Waals surface area contributed by atoms with Crippen LogP contribution in [0.15, 0.2) is 53.5 Å². The Morgan fingerprint density at radius 2 is 1.93 bits per heavy atom. The van der Waals surface area contributed by atoms with Gasteiger partial charge in [-0.2, -0.15) is 0 Å². The van der Waals surface area contributed by atoms with E-state index < -0.39 is 0 Å². The predicted molar refractivity (Wildman–Crippen MR) is 105 cm³/mol. The first-order valence-electron chi connectivity index (χ1n) is 8.96. The number of carbonyl (C=O) groups is 1. The molecule has 1 amide bonds. The van der Waals surface area contributed by atoms with E-state index in [1.54, 1.807) is 26.1 Å². The molecule has 28 heavy (non-hydrogen) atoms. The molecule has 0 saturated heterocycles. The van der Waals surface area contributed by atoms with Crippen molar-refractivity contribution in [1.29, 1.82) is 0 Å². The van der Waals surface area contributed by atoms with E-state index in [0.29, 0.717) is 29.6 Å². The van der Waals surface area contributed by atoms with Crippen LogP contribution in [0.4, 0.5) is 0 Å². The van der Waals surface area contributed by atoms with Gasteiger partial charge in [-0.1, -0.05) is 36.4 Å². The van der Waals surface area contributed by atoms with Crippen molar-refractivity contribution in [1.82, 2.24) is 20.3 Å². The topological polar surface area (TPSA) is 97.0 Å². The fourth-order valence-electron chi connectivity index (χ4n) is 2.79. The summed E-state index contributed by atoms with van der Waals surface area (Å²) in [7, 11) is 0. The molecule has 0 aliphatic carbocycles. The number of aryl methyl sites for hydroxylation is 2. The molecule has 0 atom stereocenters. The number of carbonyl (C=O) groups excluding carboxylic acids is 1. The van der Waals surface area contributed by atoms with Crippen LogP contribution in [0.1, 0.15) is 28.2 Å². The minimum atomic E-state index is -0.284. The maximum absolute atomic E-state index is 12.3. The number of benzene rings is 1. The number of rotatable bonds is 7. The summed E-state index contributed by atoms with van der Waals surface area (Å²) >= 11 is 0. The fourth-order valence-corrected chi connectivity index (χ4v) is 2.79. The summed E-state index contributed by atoms with van der Waals surface area (Å²) in [4.78, 5) is 35.4. The van der Waals surface area contributed by atoms with Crippen LogP contribution >= 0.6 is 0 Å². The lowest BCUT2D eigenvalue weighted by molar-refractivity contribution is -0.120. The lowest BCUT2D eigenvalue weighted by Gasteiger charge is -2.11. The maximum atomic E-state index is 12.3. The normalized spacial score (nSPS) is 10.5. The van der Waals surface area contributed by atoms with Gasteiger partial charge < -0.3 is 15.0 Å². The van der Waals surface area contributed by atoms with Gasteiger partial charge in [-0.3, -0.25) is 9.59 Å². The number of hydrogen-bond acceptors (Lipinski definition) is 5. The van der Waals surface area contributed by atoms with E-state index in [1.165, 1.54) is 0 Å². The van der Waals surface area contributed by atoms with Crippen LogP contribution in [0, 0.1) is 13.8 Å². The largest absolute Gasteiger partial charge is 0.473 e. The Kier molecular flexibility index (Phi) is 6.16. The molecule has 0 aliphatic rings. The highest BCUT2D eigenvalue weighted by Gasteiger charge is 2.13. The summed E-state index contributed by atoms with van der Waals surface area (Å²) < 4.78 is 5.80. The predicted octanol–water partition coefficient (Wildman–Crippen LogP) is 2.22. The molecule has 2 aromatic heterocycles. The maximum Gasteiger partial charge on any atom is 0.254 e. The SMILES string of the molecule is Cc1nc(C)c(CC(=O)NCc2cccnc2OCc2ccccc2)c(=O)[nH]1. The molecule has 2 N–H and O–H groups in total. The van der Waals surface area contributed by atoms with Gasteiger partial charge in [0, 0.05) is 29.6 Å². The average Bonchev–Trinajstić information content (AvgIpc) is 2.69. The van der Waals surface area contributed by atoms with Gasteiger partial charge in [0.15, 0.2) is 0 Å². The first-order valence-corrected chi connectivity index (χ1v) is 8.96. The van der Waals surface area contributed by atoms with E-state index in [2.05, 4.69) is 20.3 Å². The Labute approximate surface area is 162 Å². The number of ether oxygens (including phenoxy) is 1. The highest BCUT2D eigenvalue weighted by Crippen LogP contribution is 2.16. The summed E-state index contributed by atoms with van der Waals surface area (Å²) in [5.41, 5.74) is 2.44. The Bertz CT molecular complexity index is 1020. The number of hydrogen-bond donors (Lipinski definition) is 2. The molecule has 3 rings (SSSR count). The molecule has 0 bridgehead atoms. The van der Waals surface area contributed by atoms with E-state index in [0.717, 1.165) is 11.1 Å². The van der Waals surface area contributed by atoms with Crippen LogP contribution in [0.5, 0.6) is 5.88 Å². The molecule has 7 heteroatoms. The summed E-state index contributed by atoms with van der Waals surface area (Å²) in [6, 6.07) is 13.4. The minimum absolute atomic E-state index is 0.0328. The van der Waals surface area contributed by atoms with Gasteiger partial charge in [0.1, 0.15) is 12.4 Å². The van der Waals surface area contributed by atoms with E-state index in [-0.39, 0.29) is 24.4 Å². The molecule has 0 fully saturated rings. The molecule has 0 spiro atoms. The molecule has 0 aliphatic heterocycles. The number of nitrogens with one attached hydrogen (secondary N) is 2. The molecular weight excluding hydrogens is 356 g/mol. The number of pyridine rings is 1. The zero-order valence-electron chi connectivity index (χ0n) is 15.9. The Morgan fingerprint density at radius 1 is 1.14 bits per heavy atom. The fraction of sp³-hybridized carbons (Fsp3) is 0.238. The minimum Gasteiger partial charge on any atom is -0.473 e. The molecule has 0 radical (unpaired) electrons. The number of aromatic amines is 1. The van der Waals surface area contributed by atoms with Gasteiger partial charge in [-0.25, -0.2) is 9.97 Å². The lowest BCUT2D eigenvalue weighted by atomic mass is 10.1. The number of amides is 1. The zero-order valence-corrected chi connectivity index (χ0v) is 15.9. The highest BCUT2D eigenvalue weighted by atomic mass is 16.5. The van der Waals surface area contributed by atoms with Crippen molar-refractivity contribution < 1.29 is 9.53 Å². The second-order valence-corrected chi connectivity index (χ2v) is 6.41. The van der Waals surface area contributed by atoms with Crippen LogP contribution in [0.2, 0.25) is 0 Å². The van der Waals surface area contributed by atoms with Crippen LogP contribution < -0.4 is 15.6 Å². The molecule has 0 unspecified atom stereocenters. The van der Waals surface area contributed by atoms with Crippen LogP contribution in [-0.2, 0) is 24.4 Å². The molecule has 1 aromatic carbocycles. The first-order chi connectivity index (χ1) is 13.5. The molecular formula is C21H22N4O3. The van der Waals surface area contributed by atoms with Crippen molar-refractivity contribution in [2.24, 2.45) is 0 Å². The second-order valence-electron chi connectivity index (χ2n) is 6.41. The second kappa shape index (κ2) is 8.94. The Morgan fingerprint density at radius 3 is 2.68 bits per heavy atom. The summed E-state index contributed by atoms with van der Waals surface area (Å²) in [5.74, 6) is 0.733. The lowest BCUT2D eigenvalue weighted by Crippen LogP contribution is -2.29. The monoisotopic (exact) mass is 378 g/mol. The summed E-state index contributed by atoms with van der Waals surface area (Å²) in [5, 5.41) is 2.82. The van der Waals surface area contributed by atoms with Gasteiger partial charge in [0.2, 0.25) is 11.8 Å². The summed E-state index contributed by atoms with van der Waals surface area (Å²) in [6.45, 7) is 4.08. The van der Waals surface area contributed by atoms with Gasteiger partial charge in [0.05, 0.1) is 6.42 Å². The molecule has 144 valence electrons. The first kappa shape index (κ1) is 19.3. The molecule has 2 heterocycles. The van der Waals surface area contributed by atoms with Gasteiger partial charge in [-0.15, -0.1) is 0 Å². The van der Waals surface area contributed by atoms with Crippen molar-refractivity contribution in [2.75, 3.05) is 0 Å². The summed E-state index contributed by atoms with van der Waals surface area (Å²) in [6.07, 6.45) is 1.61. The van der Waals surface area contributed by atoms with Gasteiger partial charge in [-0.05, 0) is 25.5 Å². The molecule has 0 saturated carbocycles. The third-order valence-electron chi connectivity index (χ3n) is 4.22. The van der Waals surface area contributed by atoms with Crippen molar-refractivity contribution in [2.45, 2.75) is 33.4 Å². The van der Waals surface area contributed by atoms with Gasteiger partial charge >= 0.3 is 0 Å². The molecule has 7 nitrogen and oxygen atoms in total. The Hall–Kier alpha value is -3.48.